The van der Waals surface area contributed by atoms with E-state index in [2.05, 4.69) is 51.8 Å². The van der Waals surface area contributed by atoms with Crippen molar-refractivity contribution in [3.8, 4) is 11.3 Å². The Labute approximate surface area is 186 Å². The number of nitrogens with zero attached hydrogens (tertiary/aromatic N) is 3. The number of likely N-dealkylation sites (N-methyl/N-ethyl adjacent to an activating group) is 1. The fraction of sp³-hybridized carbons (Fsp3) is 0.304. The van der Waals surface area contributed by atoms with Crippen LogP contribution in [0.3, 0.4) is 0 Å². The number of aromatic nitrogens is 2. The van der Waals surface area contributed by atoms with Gasteiger partial charge in [0, 0.05) is 17.1 Å². The lowest BCUT2D eigenvalue weighted by molar-refractivity contribution is -0.119. The first kappa shape index (κ1) is 22.6. The van der Waals surface area contributed by atoms with Gasteiger partial charge in [-0.05, 0) is 37.6 Å². The number of rotatable bonds is 9. The Morgan fingerprint density at radius 3 is 2.39 bits per heavy atom. The summed E-state index contributed by atoms with van der Waals surface area (Å²) in [6.45, 7) is 4.25. The van der Waals surface area contributed by atoms with Gasteiger partial charge in [-0.25, -0.2) is 9.97 Å². The summed E-state index contributed by atoms with van der Waals surface area (Å²) < 4.78 is 0. The number of pyridine rings is 1. The van der Waals surface area contributed by atoms with Crippen LogP contribution < -0.4 is 10.6 Å². The molecule has 7 nitrogen and oxygen atoms in total. The van der Waals surface area contributed by atoms with Crippen LogP contribution in [0.5, 0.6) is 0 Å². The van der Waals surface area contributed by atoms with E-state index < -0.39 is 0 Å². The van der Waals surface area contributed by atoms with Crippen molar-refractivity contribution >= 4 is 34.1 Å². The smallest absolute Gasteiger partial charge is 0.240 e. The molecule has 0 aliphatic carbocycles. The highest BCUT2D eigenvalue weighted by molar-refractivity contribution is 7.14. The summed E-state index contributed by atoms with van der Waals surface area (Å²) in [6, 6.07) is 12.0. The second kappa shape index (κ2) is 10.8. The average Bonchev–Trinajstić information content (AvgIpc) is 3.18. The van der Waals surface area contributed by atoms with Crippen LogP contribution in [0.4, 0.5) is 10.9 Å². The second-order valence-corrected chi connectivity index (χ2v) is 8.33. The molecule has 2 heterocycles. The van der Waals surface area contributed by atoms with Gasteiger partial charge in [0.2, 0.25) is 11.8 Å². The fourth-order valence-electron chi connectivity index (χ4n) is 3.02. The molecular formula is C23H27N5O2S. The van der Waals surface area contributed by atoms with Crippen LogP contribution in [0, 0.1) is 6.92 Å². The summed E-state index contributed by atoms with van der Waals surface area (Å²) in [4.78, 5) is 34.8. The Morgan fingerprint density at radius 2 is 1.74 bits per heavy atom. The van der Waals surface area contributed by atoms with Gasteiger partial charge in [0.25, 0.3) is 0 Å². The van der Waals surface area contributed by atoms with Crippen LogP contribution in [0.1, 0.15) is 24.5 Å². The molecule has 0 bridgehead atoms. The summed E-state index contributed by atoms with van der Waals surface area (Å²) in [5.41, 5.74) is 4.18. The maximum Gasteiger partial charge on any atom is 0.240 e. The van der Waals surface area contributed by atoms with Crippen LogP contribution in [0.25, 0.3) is 11.3 Å². The zero-order valence-electron chi connectivity index (χ0n) is 18.0. The van der Waals surface area contributed by atoms with Crippen molar-refractivity contribution in [3.05, 3.63) is 59.1 Å². The fourth-order valence-corrected chi connectivity index (χ4v) is 3.76. The number of amides is 2. The van der Waals surface area contributed by atoms with E-state index in [-0.39, 0.29) is 24.9 Å². The molecule has 0 aliphatic heterocycles. The zero-order valence-corrected chi connectivity index (χ0v) is 18.8. The van der Waals surface area contributed by atoms with E-state index in [1.54, 1.807) is 24.2 Å². The number of carbonyl (C=O) groups is 2. The van der Waals surface area contributed by atoms with Gasteiger partial charge in [-0.2, -0.15) is 0 Å². The number of thiazole rings is 1. The lowest BCUT2D eigenvalue weighted by atomic mass is 10.1. The molecule has 2 aromatic heterocycles. The molecule has 0 aliphatic rings. The van der Waals surface area contributed by atoms with Crippen molar-refractivity contribution in [2.45, 2.75) is 26.7 Å². The molecule has 3 rings (SSSR count). The van der Waals surface area contributed by atoms with E-state index in [1.165, 1.54) is 16.9 Å². The highest BCUT2D eigenvalue weighted by Crippen LogP contribution is 2.25. The van der Waals surface area contributed by atoms with Crippen LogP contribution in [-0.2, 0) is 16.0 Å². The Balaban J connectivity index is 1.47. The third-order valence-electron chi connectivity index (χ3n) is 4.54. The Kier molecular flexibility index (Phi) is 7.86. The molecule has 0 saturated carbocycles. The third-order valence-corrected chi connectivity index (χ3v) is 5.30. The standard InChI is InChI=1S/C23H27N5O2S/c1-4-5-17-7-9-18(10-8-17)19-15-31-23(25-19)27-22(30)14-28(3)13-21(29)26-20-11-6-16(2)12-24-20/h6-12,15H,4-5,13-14H2,1-3H3,(H,24,26,29)(H,25,27,30). The zero-order chi connectivity index (χ0) is 22.2. The molecule has 0 unspecified atom stereocenters. The molecule has 0 saturated heterocycles. The molecule has 2 amide bonds. The summed E-state index contributed by atoms with van der Waals surface area (Å²) in [5, 5.41) is 8.00. The molecule has 31 heavy (non-hydrogen) atoms. The van der Waals surface area contributed by atoms with E-state index in [9.17, 15) is 9.59 Å². The molecular weight excluding hydrogens is 410 g/mol. The van der Waals surface area contributed by atoms with Crippen molar-refractivity contribution < 1.29 is 9.59 Å². The molecule has 0 radical (unpaired) electrons. The van der Waals surface area contributed by atoms with Crippen molar-refractivity contribution in [2.24, 2.45) is 0 Å². The molecule has 8 heteroatoms. The molecule has 162 valence electrons. The summed E-state index contributed by atoms with van der Waals surface area (Å²) in [5.74, 6) is 0.0455. The SMILES string of the molecule is CCCc1ccc(-c2csc(NC(=O)CN(C)CC(=O)Nc3ccc(C)cn3)n2)cc1. The minimum Gasteiger partial charge on any atom is -0.310 e. The normalized spacial score (nSPS) is 10.8. The van der Waals surface area contributed by atoms with Gasteiger partial charge in [-0.1, -0.05) is 43.7 Å². The molecule has 1 aromatic carbocycles. The highest BCUT2D eigenvalue weighted by Gasteiger charge is 2.13. The topological polar surface area (TPSA) is 87.2 Å². The number of hydrogen-bond acceptors (Lipinski definition) is 6. The number of aryl methyl sites for hydroxylation is 2. The van der Waals surface area contributed by atoms with Gasteiger partial charge in [0.1, 0.15) is 5.82 Å². The predicted octanol–water partition coefficient (Wildman–Crippen LogP) is 3.98. The first-order valence-electron chi connectivity index (χ1n) is 10.2. The van der Waals surface area contributed by atoms with E-state index >= 15 is 0 Å². The Morgan fingerprint density at radius 1 is 1.03 bits per heavy atom. The maximum atomic E-state index is 12.3. The quantitative estimate of drug-likeness (QED) is 0.529. The number of carbonyl (C=O) groups excluding carboxylic acids is 2. The number of anilines is 2. The minimum atomic E-state index is -0.227. The van der Waals surface area contributed by atoms with Gasteiger partial charge in [0.05, 0.1) is 18.8 Å². The van der Waals surface area contributed by atoms with E-state index in [0.717, 1.165) is 29.7 Å². The van der Waals surface area contributed by atoms with Crippen molar-refractivity contribution in [3.63, 3.8) is 0 Å². The van der Waals surface area contributed by atoms with Gasteiger partial charge in [0.15, 0.2) is 5.13 Å². The predicted molar refractivity (Wildman–Crippen MR) is 125 cm³/mol. The van der Waals surface area contributed by atoms with E-state index in [4.69, 9.17) is 0 Å². The van der Waals surface area contributed by atoms with Crippen LogP contribution in [0.15, 0.2) is 48.0 Å². The maximum absolute atomic E-state index is 12.3. The lowest BCUT2D eigenvalue weighted by Crippen LogP contribution is -2.36. The van der Waals surface area contributed by atoms with Crippen molar-refractivity contribution in [2.75, 3.05) is 30.8 Å². The van der Waals surface area contributed by atoms with Crippen molar-refractivity contribution in [1.82, 2.24) is 14.9 Å². The summed E-state index contributed by atoms with van der Waals surface area (Å²) >= 11 is 1.38. The summed E-state index contributed by atoms with van der Waals surface area (Å²) in [6.07, 6.45) is 3.87. The second-order valence-electron chi connectivity index (χ2n) is 7.47. The van der Waals surface area contributed by atoms with Gasteiger partial charge >= 0.3 is 0 Å². The lowest BCUT2D eigenvalue weighted by Gasteiger charge is -2.15. The van der Waals surface area contributed by atoms with Crippen LogP contribution in [-0.4, -0.2) is 46.8 Å². The van der Waals surface area contributed by atoms with Gasteiger partial charge < -0.3 is 10.6 Å². The Hall–Kier alpha value is -3.10. The number of nitrogens with one attached hydrogen (secondary N) is 2. The molecule has 0 spiro atoms. The van der Waals surface area contributed by atoms with Crippen LogP contribution in [0.2, 0.25) is 0 Å². The Bertz CT molecular complexity index is 1020. The average molecular weight is 438 g/mol. The molecule has 2 N–H and O–H groups in total. The highest BCUT2D eigenvalue weighted by atomic mass is 32.1. The third kappa shape index (κ3) is 6.97. The van der Waals surface area contributed by atoms with E-state index in [0.29, 0.717) is 10.9 Å². The first-order chi connectivity index (χ1) is 14.9. The molecule has 0 atom stereocenters. The first-order valence-corrected chi connectivity index (χ1v) is 11.1. The van der Waals surface area contributed by atoms with E-state index in [1.807, 2.05) is 18.4 Å². The minimum absolute atomic E-state index is 0.0787. The molecule has 0 fully saturated rings. The number of benzene rings is 1. The number of hydrogen-bond donors (Lipinski definition) is 2. The summed E-state index contributed by atoms with van der Waals surface area (Å²) in [7, 11) is 1.72. The largest absolute Gasteiger partial charge is 0.310 e. The van der Waals surface area contributed by atoms with Gasteiger partial charge in [-0.3, -0.25) is 14.5 Å². The van der Waals surface area contributed by atoms with Crippen LogP contribution >= 0.6 is 11.3 Å². The molecule has 3 aromatic rings. The van der Waals surface area contributed by atoms with Crippen molar-refractivity contribution in [1.29, 1.82) is 0 Å². The van der Waals surface area contributed by atoms with Gasteiger partial charge in [-0.15, -0.1) is 11.3 Å². The monoisotopic (exact) mass is 437 g/mol.